The predicted octanol–water partition coefficient (Wildman–Crippen LogP) is 6.16. The molecule has 0 radical (unpaired) electrons. The number of fused-ring (bicyclic) bond motifs is 1. The van der Waals surface area contributed by atoms with Crippen LogP contribution in [0.15, 0.2) is 29.0 Å². The van der Waals surface area contributed by atoms with Crippen molar-refractivity contribution in [2.24, 2.45) is 11.8 Å². The molecule has 6 heterocycles. The van der Waals surface area contributed by atoms with E-state index in [1.165, 1.54) is 25.7 Å². The van der Waals surface area contributed by atoms with Gasteiger partial charge in [0.05, 0.1) is 39.2 Å². The average molecular weight is 591 g/mol. The first-order valence-corrected chi connectivity index (χ1v) is 15.2. The number of imidazole rings is 1. The Balaban J connectivity index is 1.43. The monoisotopic (exact) mass is 590 g/mol. The van der Waals surface area contributed by atoms with E-state index in [0.29, 0.717) is 16.6 Å². The maximum absolute atomic E-state index is 11.9. The molecule has 2 N–H and O–H groups in total. The van der Waals surface area contributed by atoms with Gasteiger partial charge in [-0.1, -0.05) is 36.5 Å². The van der Waals surface area contributed by atoms with Crippen LogP contribution in [0.1, 0.15) is 80.4 Å². The number of amides is 1. The molecule has 1 saturated carbocycles. The molecular formula is C30H35ClN8O3. The minimum absolute atomic E-state index is 0.117. The molecule has 0 aromatic carbocycles. The van der Waals surface area contributed by atoms with Gasteiger partial charge in [-0.25, -0.2) is 14.8 Å². The summed E-state index contributed by atoms with van der Waals surface area (Å²) in [5.74, 6) is 3.06. The molecule has 3 aliphatic rings. The van der Waals surface area contributed by atoms with Gasteiger partial charge >= 0.3 is 6.09 Å². The quantitative estimate of drug-likeness (QED) is 0.271. The maximum atomic E-state index is 11.9. The van der Waals surface area contributed by atoms with E-state index >= 15 is 0 Å². The molecule has 11 nitrogen and oxygen atoms in total. The third-order valence-electron chi connectivity index (χ3n) is 9.04. The highest BCUT2D eigenvalue weighted by molar-refractivity contribution is 6.30. The smallest absolute Gasteiger partial charge is 0.361 e. The van der Waals surface area contributed by atoms with Gasteiger partial charge in [-0.3, -0.25) is 10.3 Å². The van der Waals surface area contributed by atoms with Gasteiger partial charge in [-0.05, 0) is 63.5 Å². The first-order valence-electron chi connectivity index (χ1n) is 14.8. The van der Waals surface area contributed by atoms with E-state index < -0.39 is 12.3 Å². The van der Waals surface area contributed by atoms with Crippen LogP contribution in [0.5, 0.6) is 0 Å². The number of halogens is 1. The van der Waals surface area contributed by atoms with Gasteiger partial charge in [0.1, 0.15) is 5.76 Å². The zero-order chi connectivity index (χ0) is 29.0. The fraction of sp³-hybridized carbons (Fsp3) is 0.500. The molecule has 3 fully saturated rings. The van der Waals surface area contributed by atoms with E-state index in [4.69, 9.17) is 30.9 Å². The van der Waals surface area contributed by atoms with Crippen molar-refractivity contribution in [3.05, 3.63) is 52.3 Å². The normalized spacial score (nSPS) is 24.4. The number of aromatic nitrogens is 5. The summed E-state index contributed by atoms with van der Waals surface area (Å²) in [6.07, 6.45) is 9.11. The molecule has 42 heavy (non-hydrogen) atoms. The van der Waals surface area contributed by atoms with Gasteiger partial charge in [0, 0.05) is 36.6 Å². The largest absolute Gasteiger partial charge is 0.427 e. The molecule has 2 unspecified atom stereocenters. The van der Waals surface area contributed by atoms with Crippen molar-refractivity contribution < 1.29 is 14.2 Å². The van der Waals surface area contributed by atoms with Crippen molar-refractivity contribution >= 4 is 34.7 Å². The van der Waals surface area contributed by atoms with Gasteiger partial charge in [0.2, 0.25) is 5.95 Å². The number of carbonyl (C=O) groups is 1. The number of rotatable bonds is 6. The van der Waals surface area contributed by atoms with Crippen molar-refractivity contribution in [2.45, 2.75) is 78.0 Å². The van der Waals surface area contributed by atoms with Gasteiger partial charge in [0.15, 0.2) is 6.17 Å². The van der Waals surface area contributed by atoms with Crippen LogP contribution in [-0.2, 0) is 11.4 Å². The lowest BCUT2D eigenvalue weighted by molar-refractivity contribution is 0.121. The number of anilines is 1. The Hall–Kier alpha value is -3.70. The number of hydrogen-bond acceptors (Lipinski definition) is 9. The van der Waals surface area contributed by atoms with Crippen LogP contribution in [-0.4, -0.2) is 37.3 Å². The molecule has 12 heteroatoms. The fourth-order valence-electron chi connectivity index (χ4n) is 6.91. The van der Waals surface area contributed by atoms with Crippen LogP contribution in [0.3, 0.4) is 0 Å². The summed E-state index contributed by atoms with van der Waals surface area (Å²) in [5.41, 5.74) is 8.63. The minimum atomic E-state index is -0.608. The van der Waals surface area contributed by atoms with E-state index in [1.54, 1.807) is 12.4 Å². The summed E-state index contributed by atoms with van der Waals surface area (Å²) < 4.78 is 7.97. The summed E-state index contributed by atoms with van der Waals surface area (Å²) >= 11 is 6.43. The number of hydroxylamine groups is 1. The number of carbonyl (C=O) groups excluding carboxylic acids is 1. The van der Waals surface area contributed by atoms with Crippen LogP contribution < -0.4 is 15.7 Å². The summed E-state index contributed by atoms with van der Waals surface area (Å²) in [6, 6.07) is 3.93. The molecule has 1 aliphatic carbocycles. The third-order valence-corrected chi connectivity index (χ3v) is 9.24. The number of hydrogen-bond donors (Lipinski definition) is 2. The summed E-state index contributed by atoms with van der Waals surface area (Å²) in [4.78, 5) is 34.0. The number of pyridine rings is 2. The zero-order valence-electron chi connectivity index (χ0n) is 24.1. The molecule has 1 amide bonds. The van der Waals surface area contributed by atoms with Crippen LogP contribution in [0, 0.1) is 25.7 Å². The molecule has 2 atom stereocenters. The highest BCUT2D eigenvalue weighted by Crippen LogP contribution is 2.42. The average Bonchev–Trinajstić information content (AvgIpc) is 3.76. The molecule has 2 aliphatic heterocycles. The van der Waals surface area contributed by atoms with Gasteiger partial charge < -0.3 is 18.8 Å². The van der Waals surface area contributed by atoms with Crippen LogP contribution in [0.25, 0.3) is 22.3 Å². The Bertz CT molecular complexity index is 1620. The minimum Gasteiger partial charge on any atom is -0.361 e. The molecule has 0 bridgehead atoms. The summed E-state index contributed by atoms with van der Waals surface area (Å²) in [6.45, 7) is 8.07. The Kier molecular flexibility index (Phi) is 7.02. The Morgan fingerprint density at radius 2 is 1.93 bits per heavy atom. The lowest BCUT2D eigenvalue weighted by Crippen LogP contribution is -2.28. The fourth-order valence-corrected chi connectivity index (χ4v) is 7.09. The second-order valence-corrected chi connectivity index (χ2v) is 12.4. The van der Waals surface area contributed by atoms with Crippen molar-refractivity contribution in [3.8, 4) is 11.3 Å². The molecule has 7 rings (SSSR count). The topological polar surface area (TPSA) is 123 Å². The maximum Gasteiger partial charge on any atom is 0.427 e. The van der Waals surface area contributed by atoms with E-state index in [9.17, 15) is 4.79 Å². The second-order valence-electron chi connectivity index (χ2n) is 12.0. The van der Waals surface area contributed by atoms with Gasteiger partial charge in [0.25, 0.3) is 0 Å². The van der Waals surface area contributed by atoms with E-state index in [-0.39, 0.29) is 6.04 Å². The number of nitrogens with one attached hydrogen (secondary N) is 2. The lowest BCUT2D eigenvalue weighted by Gasteiger charge is -2.30. The molecule has 0 spiro atoms. The SMILES string of the molecule is Cc1noc(C)c1C1CCCN1c1nc2cc(C3NOC(=O)N3)nc(-c3cncc(Cl)c3)c2n1CC1CCC(C)CC1. The Morgan fingerprint density at radius 3 is 2.64 bits per heavy atom. The summed E-state index contributed by atoms with van der Waals surface area (Å²) in [5, 5.41) is 7.56. The molecule has 2 saturated heterocycles. The van der Waals surface area contributed by atoms with E-state index in [1.807, 2.05) is 26.0 Å². The number of nitrogens with zero attached hydrogens (tertiary/aromatic N) is 6. The third kappa shape index (κ3) is 4.88. The summed E-state index contributed by atoms with van der Waals surface area (Å²) in [7, 11) is 0. The lowest BCUT2D eigenvalue weighted by atomic mass is 9.83. The highest BCUT2D eigenvalue weighted by atomic mass is 35.5. The van der Waals surface area contributed by atoms with Gasteiger partial charge in [-0.2, -0.15) is 0 Å². The Labute approximate surface area is 248 Å². The molecule has 220 valence electrons. The first-order chi connectivity index (χ1) is 20.4. The van der Waals surface area contributed by atoms with Crippen molar-refractivity contribution in [1.82, 2.24) is 35.5 Å². The Morgan fingerprint density at radius 1 is 1.10 bits per heavy atom. The van der Waals surface area contributed by atoms with Crippen molar-refractivity contribution in [3.63, 3.8) is 0 Å². The zero-order valence-corrected chi connectivity index (χ0v) is 24.8. The molecular weight excluding hydrogens is 556 g/mol. The van der Waals surface area contributed by atoms with Crippen LogP contribution >= 0.6 is 11.6 Å². The van der Waals surface area contributed by atoms with Crippen molar-refractivity contribution in [2.75, 3.05) is 11.4 Å². The van der Waals surface area contributed by atoms with E-state index in [0.717, 1.165) is 77.1 Å². The standard InChI is InChI=1S/C30H35ClN8O3/c1-16-6-8-19(9-7-16)15-39-27-22(34-29(39)38-10-4-5-24(38)25-17(2)36-41-18(25)3)12-23(28-35-30(40)42-37-28)33-26(27)20-11-21(31)14-32-13-20/h11-14,16,19,24,28,37H,4-10,15H2,1-3H3,(H,35,40). The predicted molar refractivity (Wildman–Crippen MR) is 158 cm³/mol. The second kappa shape index (κ2) is 10.9. The molecule has 4 aromatic heterocycles. The van der Waals surface area contributed by atoms with E-state index in [2.05, 4.69) is 37.3 Å². The van der Waals surface area contributed by atoms with Crippen LogP contribution in [0.2, 0.25) is 5.02 Å². The van der Waals surface area contributed by atoms with Gasteiger partial charge in [-0.15, -0.1) is 5.48 Å². The molecule has 4 aromatic rings. The van der Waals surface area contributed by atoms with Crippen LogP contribution in [0.4, 0.5) is 10.7 Å². The number of aryl methyl sites for hydroxylation is 2. The van der Waals surface area contributed by atoms with Crippen molar-refractivity contribution in [1.29, 1.82) is 0 Å². The highest BCUT2D eigenvalue weighted by Gasteiger charge is 2.36. The first kappa shape index (κ1) is 27.2.